The summed E-state index contributed by atoms with van der Waals surface area (Å²) in [5.41, 5.74) is 7.38. The quantitative estimate of drug-likeness (QED) is 0.676. The first-order chi connectivity index (χ1) is 8.09. The van der Waals surface area contributed by atoms with E-state index in [1.54, 1.807) is 5.54 Å². The van der Waals surface area contributed by atoms with Crippen molar-refractivity contribution in [3.63, 3.8) is 0 Å². The fraction of sp³-hybridized carbons (Fsp3) is 0.188. The molecule has 0 heterocycles. The van der Waals surface area contributed by atoms with Gasteiger partial charge in [0.05, 0.1) is 8.07 Å². The van der Waals surface area contributed by atoms with Crippen molar-refractivity contribution in [1.29, 1.82) is 0 Å². The van der Waals surface area contributed by atoms with Crippen molar-refractivity contribution in [3.8, 4) is 11.1 Å². The van der Waals surface area contributed by atoms with Crippen LogP contribution in [0.25, 0.3) is 11.1 Å². The van der Waals surface area contributed by atoms with Crippen LogP contribution >= 0.6 is 0 Å². The monoisotopic (exact) mass is 285 g/mol. The normalized spacial score (nSPS) is 13.7. The van der Waals surface area contributed by atoms with Crippen molar-refractivity contribution in [2.24, 2.45) is 0 Å². The molecule has 1 aliphatic rings. The van der Waals surface area contributed by atoms with Gasteiger partial charge < -0.3 is 0 Å². The van der Waals surface area contributed by atoms with Gasteiger partial charge in [-0.3, -0.25) is 0 Å². The van der Waals surface area contributed by atoms with Gasteiger partial charge in [-0.15, -0.1) is 0 Å². The molecule has 18 heavy (non-hydrogen) atoms. The zero-order valence-electron chi connectivity index (χ0n) is 11.1. The molecule has 0 bridgehead atoms. The summed E-state index contributed by atoms with van der Waals surface area (Å²) in [6, 6.07) is 17.7. The van der Waals surface area contributed by atoms with Crippen LogP contribution < -0.4 is 0 Å². The standard InChI is InChI=1S/C16H17Si.Ti/c1-17(2,3)16-14-10-6-4-8-12(14)13-9-5-7-11-15(13)16;/h4-11H,1-3H3;. The third-order valence-corrected chi connectivity index (χ3v) is 5.47. The van der Waals surface area contributed by atoms with E-state index >= 15 is 0 Å². The van der Waals surface area contributed by atoms with Crippen LogP contribution in [0.3, 0.4) is 0 Å². The van der Waals surface area contributed by atoms with E-state index in [-0.39, 0.29) is 21.7 Å². The number of hydrogen-bond acceptors (Lipinski definition) is 0. The molecule has 0 fully saturated rings. The predicted octanol–water partition coefficient (Wildman–Crippen LogP) is 4.51. The smallest absolute Gasteiger partial charge is 0.0625 e. The summed E-state index contributed by atoms with van der Waals surface area (Å²) >= 11 is 0. The van der Waals surface area contributed by atoms with E-state index in [0.717, 1.165) is 0 Å². The molecule has 89 valence electrons. The molecule has 0 atom stereocenters. The van der Waals surface area contributed by atoms with E-state index in [1.165, 1.54) is 22.3 Å². The van der Waals surface area contributed by atoms with Crippen LogP contribution in [0.15, 0.2) is 48.5 Å². The summed E-state index contributed by atoms with van der Waals surface area (Å²) in [5.74, 6) is 0. The first kappa shape index (κ1) is 13.8. The maximum atomic E-state index is 2.43. The summed E-state index contributed by atoms with van der Waals surface area (Å²) in [6.45, 7) is 7.30. The molecule has 0 saturated heterocycles. The molecule has 0 unspecified atom stereocenters. The second-order valence-electron chi connectivity index (χ2n) is 5.72. The van der Waals surface area contributed by atoms with Gasteiger partial charge in [-0.2, -0.15) is 0 Å². The Hall–Kier alpha value is -0.629. The third-order valence-electron chi connectivity index (χ3n) is 3.43. The molecule has 0 nitrogen and oxygen atoms in total. The molecule has 2 heteroatoms. The Balaban J connectivity index is 0.00000120. The molecule has 0 aliphatic heterocycles. The topological polar surface area (TPSA) is 0 Å². The largest absolute Gasteiger partial charge is 0.0685 e. The van der Waals surface area contributed by atoms with Crippen LogP contribution in [0.2, 0.25) is 19.6 Å². The van der Waals surface area contributed by atoms with Gasteiger partial charge in [-0.25, -0.2) is 0 Å². The Morgan fingerprint density at radius 1 is 0.611 bits per heavy atom. The van der Waals surface area contributed by atoms with Crippen LogP contribution in [0.4, 0.5) is 0 Å². The minimum absolute atomic E-state index is 0. The van der Waals surface area contributed by atoms with Gasteiger partial charge in [-0.05, 0) is 22.3 Å². The van der Waals surface area contributed by atoms with Crippen molar-refractivity contribution in [2.75, 3.05) is 0 Å². The Morgan fingerprint density at radius 3 is 1.28 bits per heavy atom. The first-order valence-electron chi connectivity index (χ1n) is 6.15. The molecule has 0 saturated carbocycles. The maximum absolute atomic E-state index is 2.43. The molecule has 0 spiro atoms. The van der Waals surface area contributed by atoms with E-state index in [9.17, 15) is 0 Å². The summed E-state index contributed by atoms with van der Waals surface area (Å²) in [4.78, 5) is 0. The molecule has 1 aliphatic carbocycles. The first-order valence-corrected chi connectivity index (χ1v) is 9.65. The SMILES string of the molecule is C[Si](C)(C)[C]1c2ccccc2-c2ccccc21.[Ti]. The summed E-state index contributed by atoms with van der Waals surface area (Å²) in [6.07, 6.45) is 0. The fourth-order valence-electron chi connectivity index (χ4n) is 2.83. The van der Waals surface area contributed by atoms with Gasteiger partial charge in [0.1, 0.15) is 0 Å². The Morgan fingerprint density at radius 2 is 0.944 bits per heavy atom. The average Bonchev–Trinajstić information content (AvgIpc) is 2.63. The van der Waals surface area contributed by atoms with Gasteiger partial charge in [0.15, 0.2) is 0 Å². The molecule has 2 aromatic carbocycles. The second kappa shape index (κ2) is 4.81. The molecular formula is C16H17SiTi. The van der Waals surface area contributed by atoms with E-state index in [2.05, 4.69) is 68.2 Å². The van der Waals surface area contributed by atoms with Crippen molar-refractivity contribution in [1.82, 2.24) is 0 Å². The summed E-state index contributed by atoms with van der Waals surface area (Å²) in [7, 11) is -1.31. The molecule has 0 amide bonds. The van der Waals surface area contributed by atoms with E-state index < -0.39 is 8.07 Å². The predicted molar refractivity (Wildman–Crippen MR) is 76.7 cm³/mol. The summed E-state index contributed by atoms with van der Waals surface area (Å²) in [5, 5.41) is 0. The van der Waals surface area contributed by atoms with Crippen LogP contribution in [0, 0.1) is 5.54 Å². The zero-order chi connectivity index (χ0) is 12.0. The van der Waals surface area contributed by atoms with Gasteiger partial charge in [0.2, 0.25) is 0 Å². The van der Waals surface area contributed by atoms with Gasteiger partial charge in [0, 0.05) is 27.3 Å². The van der Waals surface area contributed by atoms with Gasteiger partial charge in [0.25, 0.3) is 0 Å². The van der Waals surface area contributed by atoms with Gasteiger partial charge in [-0.1, -0.05) is 68.2 Å². The van der Waals surface area contributed by atoms with Crippen molar-refractivity contribution < 1.29 is 21.7 Å². The minimum Gasteiger partial charge on any atom is -0.0685 e. The molecular weight excluding hydrogens is 268 g/mol. The third kappa shape index (κ3) is 2.05. The van der Waals surface area contributed by atoms with E-state index in [1.807, 2.05) is 0 Å². The van der Waals surface area contributed by atoms with Crippen LogP contribution in [-0.4, -0.2) is 8.07 Å². The average molecular weight is 285 g/mol. The summed E-state index contributed by atoms with van der Waals surface area (Å²) < 4.78 is 0. The Bertz CT molecular complexity index is 524. The second-order valence-corrected chi connectivity index (χ2v) is 10.7. The van der Waals surface area contributed by atoms with Crippen LogP contribution in [-0.2, 0) is 21.7 Å². The number of benzene rings is 2. The van der Waals surface area contributed by atoms with E-state index in [4.69, 9.17) is 0 Å². The van der Waals surface area contributed by atoms with Crippen LogP contribution in [0.5, 0.6) is 0 Å². The molecule has 2 aromatic rings. The molecule has 3 rings (SSSR count). The van der Waals surface area contributed by atoms with Gasteiger partial charge >= 0.3 is 0 Å². The maximum Gasteiger partial charge on any atom is 0.0625 e. The van der Waals surface area contributed by atoms with Crippen molar-refractivity contribution in [2.45, 2.75) is 19.6 Å². The van der Waals surface area contributed by atoms with Crippen LogP contribution in [0.1, 0.15) is 11.1 Å². The number of hydrogen-bond donors (Lipinski definition) is 0. The van der Waals surface area contributed by atoms with Crippen molar-refractivity contribution in [3.05, 3.63) is 65.2 Å². The minimum atomic E-state index is -1.31. The number of fused-ring (bicyclic) bond motifs is 3. The Labute approximate surface area is 125 Å². The zero-order valence-corrected chi connectivity index (χ0v) is 13.7. The molecule has 0 aromatic heterocycles. The Kier molecular flexibility index (Phi) is 3.68. The van der Waals surface area contributed by atoms with Crippen molar-refractivity contribution >= 4 is 8.07 Å². The molecule has 0 N–H and O–H groups in total. The molecule has 1 radical (unpaired) electrons. The fourth-order valence-corrected chi connectivity index (χ4v) is 4.88. The van der Waals surface area contributed by atoms with E-state index in [0.29, 0.717) is 0 Å². The number of rotatable bonds is 1.